The van der Waals surface area contributed by atoms with Gasteiger partial charge in [-0.1, -0.05) is 0 Å². The van der Waals surface area contributed by atoms with Gasteiger partial charge >= 0.3 is 6.36 Å². The third-order valence-electron chi connectivity index (χ3n) is 3.59. The van der Waals surface area contributed by atoms with E-state index >= 15 is 0 Å². The van der Waals surface area contributed by atoms with Crippen LogP contribution in [0.25, 0.3) is 0 Å². The van der Waals surface area contributed by atoms with Crippen molar-refractivity contribution >= 4 is 27.3 Å². The number of carbonyl (C=O) groups excluding carboxylic acids is 2. The molecule has 14 heteroatoms. The topological polar surface area (TPSA) is 166 Å². The molecule has 10 nitrogen and oxygen atoms in total. The third-order valence-corrected chi connectivity index (χ3v) is 5.32. The molecule has 2 rings (SSSR count). The zero-order chi connectivity index (χ0) is 22.9. The van der Waals surface area contributed by atoms with E-state index in [2.05, 4.69) is 9.72 Å². The molecule has 1 unspecified atom stereocenters. The van der Waals surface area contributed by atoms with Gasteiger partial charge in [0.1, 0.15) is 11.9 Å². The van der Waals surface area contributed by atoms with Crippen LogP contribution < -0.4 is 16.3 Å². The Bertz CT molecular complexity index is 1070. The number of benzene rings is 1. The molecule has 2 aromatic rings. The molecular weight excluding hydrogens is 433 g/mol. The van der Waals surface area contributed by atoms with Crippen molar-refractivity contribution in [2.75, 3.05) is 5.73 Å². The van der Waals surface area contributed by atoms with E-state index in [9.17, 15) is 36.3 Å². The number of sulfone groups is 1. The number of pyridine rings is 1. The van der Waals surface area contributed by atoms with Crippen molar-refractivity contribution in [2.24, 2.45) is 5.84 Å². The molecular formula is C16H15F3N4O6S. The lowest BCUT2D eigenvalue weighted by Crippen LogP contribution is -2.47. The van der Waals surface area contributed by atoms with Crippen molar-refractivity contribution in [3.63, 3.8) is 0 Å². The van der Waals surface area contributed by atoms with Crippen LogP contribution in [0.4, 0.5) is 18.9 Å². The normalized spacial score (nSPS) is 12.9. The van der Waals surface area contributed by atoms with Crippen molar-refractivity contribution < 1.29 is 41.0 Å². The van der Waals surface area contributed by atoms with E-state index in [0.29, 0.717) is 0 Å². The SMILES string of the molecule is CC(O)C(=O)N(N)C(=O)c1ncc(S(=O)(=O)c2ccc(OC(F)(F)F)cc2)cc1N. The number of imide groups is 1. The van der Waals surface area contributed by atoms with Crippen molar-refractivity contribution in [1.82, 2.24) is 9.99 Å². The van der Waals surface area contributed by atoms with Crippen LogP contribution in [0.1, 0.15) is 17.4 Å². The maximum absolute atomic E-state index is 12.6. The van der Waals surface area contributed by atoms with E-state index in [1.165, 1.54) is 0 Å². The van der Waals surface area contributed by atoms with E-state index < -0.39 is 56.1 Å². The second-order valence-corrected chi connectivity index (χ2v) is 7.77. The molecule has 0 aliphatic heterocycles. The summed E-state index contributed by atoms with van der Waals surface area (Å²) in [6.07, 6.45) is -5.75. The summed E-state index contributed by atoms with van der Waals surface area (Å²) in [4.78, 5) is 26.5. The van der Waals surface area contributed by atoms with Gasteiger partial charge in [0.05, 0.1) is 15.5 Å². The maximum atomic E-state index is 12.6. The Morgan fingerprint density at radius 1 is 1.20 bits per heavy atom. The number of carbonyl (C=O) groups is 2. The molecule has 1 atom stereocenters. The highest BCUT2D eigenvalue weighted by Crippen LogP contribution is 2.27. The smallest absolute Gasteiger partial charge is 0.406 e. The summed E-state index contributed by atoms with van der Waals surface area (Å²) in [7, 11) is -4.26. The lowest BCUT2D eigenvalue weighted by molar-refractivity contribution is -0.274. The fourth-order valence-electron chi connectivity index (χ4n) is 2.16. The van der Waals surface area contributed by atoms with Gasteiger partial charge in [0.2, 0.25) is 9.84 Å². The van der Waals surface area contributed by atoms with Crippen molar-refractivity contribution in [1.29, 1.82) is 0 Å². The highest BCUT2D eigenvalue weighted by molar-refractivity contribution is 7.91. The van der Waals surface area contributed by atoms with E-state index in [1.807, 2.05) is 0 Å². The average Bonchev–Trinajstić information content (AvgIpc) is 2.65. The lowest BCUT2D eigenvalue weighted by atomic mass is 10.2. The number of halogens is 3. The summed E-state index contributed by atoms with van der Waals surface area (Å²) in [6.45, 7) is 1.08. The molecule has 0 bridgehead atoms. The minimum atomic E-state index is -4.94. The zero-order valence-electron chi connectivity index (χ0n) is 15.1. The molecule has 162 valence electrons. The molecule has 0 spiro atoms. The average molecular weight is 448 g/mol. The van der Waals surface area contributed by atoms with Crippen LogP contribution in [0.3, 0.4) is 0 Å². The fourth-order valence-corrected chi connectivity index (χ4v) is 3.40. The molecule has 1 aromatic heterocycles. The number of alkyl halides is 3. The predicted octanol–water partition coefficient (Wildman–Crippen LogP) is 0.618. The van der Waals surface area contributed by atoms with Crippen molar-refractivity contribution in [3.8, 4) is 5.75 Å². The molecule has 0 saturated carbocycles. The van der Waals surface area contributed by atoms with Crippen LogP contribution in [-0.2, 0) is 14.6 Å². The van der Waals surface area contributed by atoms with E-state index in [1.54, 1.807) is 0 Å². The second kappa shape index (κ2) is 8.25. The number of aliphatic hydroxyl groups excluding tert-OH is 1. The first kappa shape index (κ1) is 23.1. The zero-order valence-corrected chi connectivity index (χ0v) is 15.9. The van der Waals surface area contributed by atoms with E-state index in [-0.39, 0.29) is 9.90 Å². The standard InChI is InChI=1S/C16H15F3N4O6S/c1-8(24)14(25)23(21)15(26)13-12(20)6-11(7-22-13)30(27,28)10-4-2-9(3-5-10)29-16(17,18)19/h2-8,24H,20-21H2,1H3. The van der Waals surface area contributed by atoms with Crippen LogP contribution in [0.2, 0.25) is 0 Å². The number of hydrogen-bond donors (Lipinski definition) is 3. The number of nitrogens with zero attached hydrogens (tertiary/aromatic N) is 2. The van der Waals surface area contributed by atoms with Gasteiger partial charge in [-0.2, -0.15) is 0 Å². The molecule has 1 aromatic carbocycles. The predicted molar refractivity (Wildman–Crippen MR) is 94.3 cm³/mol. The lowest BCUT2D eigenvalue weighted by Gasteiger charge is -2.17. The summed E-state index contributed by atoms with van der Waals surface area (Å²) in [5, 5.41) is 9.27. The molecule has 0 aliphatic carbocycles. The minimum Gasteiger partial charge on any atom is -0.406 e. The van der Waals surface area contributed by atoms with Crippen LogP contribution in [0.5, 0.6) is 5.75 Å². The molecule has 0 aliphatic rings. The number of ether oxygens (including phenoxy) is 1. The first-order chi connectivity index (χ1) is 13.7. The highest BCUT2D eigenvalue weighted by atomic mass is 32.2. The summed E-state index contributed by atoms with van der Waals surface area (Å²) in [6, 6.07) is 4.26. The van der Waals surface area contributed by atoms with E-state index in [0.717, 1.165) is 43.5 Å². The van der Waals surface area contributed by atoms with Crippen molar-refractivity contribution in [2.45, 2.75) is 29.2 Å². The summed E-state index contributed by atoms with van der Waals surface area (Å²) in [5.74, 6) is 2.36. The second-order valence-electron chi connectivity index (χ2n) is 5.82. The number of nitrogens with two attached hydrogens (primary N) is 2. The monoisotopic (exact) mass is 448 g/mol. The molecule has 5 N–H and O–H groups in total. The molecule has 2 amide bonds. The first-order valence-electron chi connectivity index (χ1n) is 7.91. The molecule has 0 fully saturated rings. The number of hydrazine groups is 1. The van der Waals surface area contributed by atoms with Gasteiger partial charge in [0, 0.05) is 6.20 Å². The number of anilines is 1. The van der Waals surface area contributed by atoms with Crippen LogP contribution in [0.15, 0.2) is 46.3 Å². The number of hydrogen-bond acceptors (Lipinski definition) is 9. The number of amides is 2. The summed E-state index contributed by atoms with van der Waals surface area (Å²) in [5.41, 5.74) is 4.68. The Kier molecular flexibility index (Phi) is 6.34. The number of aromatic nitrogens is 1. The number of rotatable bonds is 5. The van der Waals surface area contributed by atoms with Crippen molar-refractivity contribution in [3.05, 3.63) is 42.2 Å². The molecule has 1 heterocycles. The minimum absolute atomic E-state index is 0.0803. The van der Waals surface area contributed by atoms with Gasteiger partial charge in [-0.3, -0.25) is 9.59 Å². The first-order valence-corrected chi connectivity index (χ1v) is 9.40. The molecule has 0 saturated heterocycles. The Balaban J connectivity index is 2.33. The summed E-state index contributed by atoms with van der Waals surface area (Å²) < 4.78 is 65.5. The Hall–Kier alpha value is -3.23. The molecule has 30 heavy (non-hydrogen) atoms. The van der Waals surface area contributed by atoms with Gasteiger partial charge < -0.3 is 15.6 Å². The summed E-state index contributed by atoms with van der Waals surface area (Å²) >= 11 is 0. The van der Waals surface area contributed by atoms with Crippen LogP contribution >= 0.6 is 0 Å². The number of nitrogen functional groups attached to an aromatic ring is 1. The Morgan fingerprint density at radius 2 is 1.77 bits per heavy atom. The quantitative estimate of drug-likeness (QED) is 0.337. The fraction of sp³-hybridized carbons (Fsp3) is 0.188. The van der Waals surface area contributed by atoms with Gasteiger partial charge in [0.15, 0.2) is 5.69 Å². The largest absolute Gasteiger partial charge is 0.573 e. The van der Waals surface area contributed by atoms with E-state index in [4.69, 9.17) is 11.6 Å². The van der Waals surface area contributed by atoms with Gasteiger partial charge in [-0.15, -0.1) is 13.2 Å². The van der Waals surface area contributed by atoms with Gasteiger partial charge in [-0.05, 0) is 37.3 Å². The van der Waals surface area contributed by atoms with Gasteiger partial charge in [0.25, 0.3) is 11.8 Å². The van der Waals surface area contributed by atoms with Crippen LogP contribution in [0, 0.1) is 0 Å². The Morgan fingerprint density at radius 3 is 2.23 bits per heavy atom. The number of aliphatic hydroxyl groups is 1. The highest BCUT2D eigenvalue weighted by Gasteiger charge is 2.31. The maximum Gasteiger partial charge on any atom is 0.573 e. The van der Waals surface area contributed by atoms with Gasteiger partial charge in [-0.25, -0.2) is 24.3 Å². The third kappa shape index (κ3) is 5.03. The molecule has 0 radical (unpaired) electrons. The van der Waals surface area contributed by atoms with Crippen LogP contribution in [-0.4, -0.2) is 47.8 Å². The Labute approximate surface area is 167 Å².